The minimum absolute atomic E-state index is 0.709. The van der Waals surface area contributed by atoms with Gasteiger partial charge < -0.3 is 13.7 Å². The molecular formula is C67H41NO2. The van der Waals surface area contributed by atoms with Gasteiger partial charge in [0.25, 0.3) is 0 Å². The van der Waals surface area contributed by atoms with Gasteiger partial charge in [-0.15, -0.1) is 0 Å². The summed E-state index contributed by atoms with van der Waals surface area (Å²) in [5, 5.41) is 4.43. The van der Waals surface area contributed by atoms with Crippen molar-refractivity contribution in [1.29, 1.82) is 0 Å². The Morgan fingerprint density at radius 3 is 1.41 bits per heavy atom. The molecule has 0 N–H and O–H groups in total. The van der Waals surface area contributed by atoms with Crippen molar-refractivity contribution in [2.24, 2.45) is 0 Å². The predicted molar refractivity (Wildman–Crippen MR) is 288 cm³/mol. The fourth-order valence-corrected chi connectivity index (χ4v) is 12.2. The molecule has 0 fully saturated rings. The molecule has 2 aliphatic rings. The van der Waals surface area contributed by atoms with E-state index in [2.05, 4.69) is 248 Å². The maximum atomic E-state index is 6.92. The summed E-state index contributed by atoms with van der Waals surface area (Å²) in [4.78, 5) is 2.48. The smallest absolute Gasteiger partial charge is 0.159 e. The number of hydrogen-bond donors (Lipinski definition) is 0. The molecular weight excluding hydrogens is 851 g/mol. The second-order valence-electron chi connectivity index (χ2n) is 18.6. The highest BCUT2D eigenvalue weighted by molar-refractivity contribution is 6.14. The predicted octanol–water partition coefficient (Wildman–Crippen LogP) is 18.3. The monoisotopic (exact) mass is 891 g/mol. The van der Waals surface area contributed by atoms with Gasteiger partial charge in [0.15, 0.2) is 5.58 Å². The fourth-order valence-electron chi connectivity index (χ4n) is 12.2. The number of fused-ring (bicyclic) bond motifs is 15. The van der Waals surface area contributed by atoms with Crippen LogP contribution in [0.25, 0.3) is 99.5 Å². The number of para-hydroxylation sites is 3. The highest BCUT2D eigenvalue weighted by Gasteiger charge is 2.52. The molecule has 1 spiro atoms. The lowest BCUT2D eigenvalue weighted by Crippen LogP contribution is -2.36. The number of anilines is 3. The van der Waals surface area contributed by atoms with Gasteiger partial charge in [0.05, 0.1) is 22.5 Å². The first-order chi connectivity index (χ1) is 34.7. The molecule has 0 radical (unpaired) electrons. The van der Waals surface area contributed by atoms with Crippen LogP contribution in [0.2, 0.25) is 0 Å². The number of furan rings is 2. The van der Waals surface area contributed by atoms with Crippen LogP contribution in [-0.4, -0.2) is 0 Å². The zero-order chi connectivity index (χ0) is 45.9. The van der Waals surface area contributed by atoms with E-state index in [1.54, 1.807) is 0 Å². The van der Waals surface area contributed by atoms with Crippen LogP contribution in [0.5, 0.6) is 0 Å². The average molecular weight is 892 g/mol. The summed E-state index contributed by atoms with van der Waals surface area (Å²) >= 11 is 0. The zero-order valence-corrected chi connectivity index (χ0v) is 37.9. The molecule has 11 aromatic carbocycles. The summed E-state index contributed by atoms with van der Waals surface area (Å²) < 4.78 is 13.4. The van der Waals surface area contributed by atoms with Gasteiger partial charge in [-0.25, -0.2) is 0 Å². The van der Waals surface area contributed by atoms with Crippen molar-refractivity contribution in [2.45, 2.75) is 5.41 Å². The van der Waals surface area contributed by atoms with Gasteiger partial charge in [0.1, 0.15) is 16.7 Å². The van der Waals surface area contributed by atoms with E-state index in [1.165, 1.54) is 50.1 Å². The lowest BCUT2D eigenvalue weighted by atomic mass is 9.64. The Morgan fingerprint density at radius 1 is 0.271 bits per heavy atom. The van der Waals surface area contributed by atoms with Gasteiger partial charge in [0, 0.05) is 21.5 Å². The first kappa shape index (κ1) is 38.9. The van der Waals surface area contributed by atoms with Crippen LogP contribution >= 0.6 is 0 Å². The molecule has 0 amide bonds. The summed E-state index contributed by atoms with van der Waals surface area (Å²) in [6, 6.07) is 90.8. The molecule has 15 rings (SSSR count). The maximum absolute atomic E-state index is 6.92. The van der Waals surface area contributed by atoms with Gasteiger partial charge in [-0.2, -0.15) is 0 Å². The van der Waals surface area contributed by atoms with Gasteiger partial charge in [0.2, 0.25) is 0 Å². The normalized spacial score (nSPS) is 13.2. The lowest BCUT2D eigenvalue weighted by Gasteiger charge is -2.45. The van der Waals surface area contributed by atoms with Crippen molar-refractivity contribution in [3.05, 3.63) is 271 Å². The third-order valence-corrected chi connectivity index (χ3v) is 15.1. The van der Waals surface area contributed by atoms with Crippen molar-refractivity contribution in [1.82, 2.24) is 0 Å². The summed E-state index contributed by atoms with van der Waals surface area (Å²) in [5.41, 5.74) is 22.8. The summed E-state index contributed by atoms with van der Waals surface area (Å²) in [7, 11) is 0. The van der Waals surface area contributed by atoms with Crippen LogP contribution in [0.4, 0.5) is 17.1 Å². The number of hydrogen-bond acceptors (Lipinski definition) is 3. The van der Waals surface area contributed by atoms with Crippen LogP contribution in [0.15, 0.2) is 258 Å². The average Bonchev–Trinajstić information content (AvgIpc) is 4.10. The molecule has 326 valence electrons. The molecule has 1 aliphatic heterocycles. The molecule has 0 bridgehead atoms. The molecule has 0 saturated carbocycles. The Bertz CT molecular complexity index is 4220. The van der Waals surface area contributed by atoms with E-state index in [0.29, 0.717) is 0 Å². The molecule has 0 atom stereocenters. The van der Waals surface area contributed by atoms with E-state index in [0.717, 1.165) is 88.8 Å². The van der Waals surface area contributed by atoms with Crippen LogP contribution < -0.4 is 4.90 Å². The molecule has 0 unspecified atom stereocenters. The van der Waals surface area contributed by atoms with Gasteiger partial charge in [-0.05, 0) is 126 Å². The van der Waals surface area contributed by atoms with Crippen molar-refractivity contribution >= 4 is 60.9 Å². The van der Waals surface area contributed by atoms with E-state index in [1.807, 2.05) is 6.07 Å². The standard InChI is InChI=1S/C67H41NO2/c1-2-18-42(19-3-1)45-20-4-5-21-46(45)43-36-38-59-57(40-43)67(55-30-12-8-24-49(55)50-25-9-13-31-56(50)67)58-41-44(37-39-60(58)68(59)61-32-16-29-53-51-26-10-14-33-62(51)70-66(53)61)47-22-6-7-23-48(47)52-28-17-35-64-65(52)54-27-11-15-34-63(54)69-64/h1-41H. The topological polar surface area (TPSA) is 29.5 Å². The van der Waals surface area contributed by atoms with Crippen LogP contribution in [0, 0.1) is 0 Å². The SMILES string of the molecule is c1ccc(-c2ccccc2-c2ccc3c(c2)C2(c4ccccc4-c4ccccc42)c2cc(-c4ccccc4-c4cccc5oc6ccccc6c45)ccc2N3c2cccc3c2oc2ccccc23)cc1. The minimum atomic E-state index is -0.709. The lowest BCUT2D eigenvalue weighted by molar-refractivity contribution is 0.668. The molecule has 0 saturated heterocycles. The molecule has 13 aromatic rings. The highest BCUT2D eigenvalue weighted by atomic mass is 16.3. The van der Waals surface area contributed by atoms with Crippen LogP contribution in [0.1, 0.15) is 22.3 Å². The Balaban J connectivity index is 1.06. The van der Waals surface area contributed by atoms with Gasteiger partial charge in [-0.1, -0.05) is 200 Å². The third kappa shape index (κ3) is 5.40. The third-order valence-electron chi connectivity index (χ3n) is 15.1. The molecule has 1 aliphatic carbocycles. The Hall–Kier alpha value is -9.18. The Morgan fingerprint density at radius 2 is 0.743 bits per heavy atom. The molecule has 3 heterocycles. The van der Waals surface area contributed by atoms with E-state index in [-0.39, 0.29) is 0 Å². The van der Waals surface area contributed by atoms with E-state index in [9.17, 15) is 0 Å². The largest absolute Gasteiger partial charge is 0.456 e. The number of nitrogens with zero attached hydrogens (tertiary/aromatic N) is 1. The Labute approximate surface area is 404 Å². The fraction of sp³-hybridized carbons (Fsp3) is 0.0149. The first-order valence-electron chi connectivity index (χ1n) is 24.1. The zero-order valence-electron chi connectivity index (χ0n) is 37.9. The minimum Gasteiger partial charge on any atom is -0.456 e. The van der Waals surface area contributed by atoms with Gasteiger partial charge in [-0.3, -0.25) is 0 Å². The van der Waals surface area contributed by atoms with Crippen molar-refractivity contribution in [3.63, 3.8) is 0 Å². The first-order valence-corrected chi connectivity index (χ1v) is 24.1. The second-order valence-corrected chi connectivity index (χ2v) is 18.6. The van der Waals surface area contributed by atoms with Crippen molar-refractivity contribution in [2.75, 3.05) is 4.90 Å². The van der Waals surface area contributed by atoms with Gasteiger partial charge >= 0.3 is 0 Å². The van der Waals surface area contributed by atoms with Crippen LogP contribution in [-0.2, 0) is 5.41 Å². The van der Waals surface area contributed by atoms with Crippen LogP contribution in [0.3, 0.4) is 0 Å². The molecule has 3 nitrogen and oxygen atoms in total. The Kier molecular flexibility index (Phi) is 8.28. The van der Waals surface area contributed by atoms with E-state index >= 15 is 0 Å². The molecule has 70 heavy (non-hydrogen) atoms. The van der Waals surface area contributed by atoms with Crippen molar-refractivity contribution in [3.8, 4) is 55.6 Å². The summed E-state index contributed by atoms with van der Waals surface area (Å²) in [6.45, 7) is 0. The van der Waals surface area contributed by atoms with E-state index < -0.39 is 5.41 Å². The summed E-state index contributed by atoms with van der Waals surface area (Å²) in [5.74, 6) is 0. The van der Waals surface area contributed by atoms with E-state index in [4.69, 9.17) is 8.83 Å². The number of benzene rings is 11. The highest BCUT2D eigenvalue weighted by Crippen LogP contribution is 2.65. The van der Waals surface area contributed by atoms with Crippen molar-refractivity contribution < 1.29 is 8.83 Å². The molecule has 2 aromatic heterocycles. The second kappa shape index (κ2) is 14.9. The molecule has 3 heteroatoms. The number of rotatable bonds is 5. The maximum Gasteiger partial charge on any atom is 0.159 e. The quantitative estimate of drug-likeness (QED) is 0.172. The summed E-state index contributed by atoms with van der Waals surface area (Å²) in [6.07, 6.45) is 0.